The molecule has 0 atom stereocenters. The minimum atomic E-state index is 0.625. The molecule has 0 amide bonds. The van der Waals surface area contributed by atoms with Crippen molar-refractivity contribution in [3.05, 3.63) is 66.6 Å². The van der Waals surface area contributed by atoms with Crippen molar-refractivity contribution in [2.24, 2.45) is 0 Å². The smallest absolute Gasteiger partial charge is 0.166 e. The van der Waals surface area contributed by atoms with E-state index in [9.17, 15) is 4.79 Å². The summed E-state index contributed by atoms with van der Waals surface area (Å²) in [4.78, 5) is 16.7. The van der Waals surface area contributed by atoms with Gasteiger partial charge in [-0.25, -0.2) is 0 Å². The summed E-state index contributed by atoms with van der Waals surface area (Å²) in [6.07, 6.45) is 4.30. The lowest BCUT2D eigenvalue weighted by Crippen LogP contribution is -1.73. The number of nitrogens with one attached hydrogen (secondary N) is 1. The van der Waals surface area contributed by atoms with Gasteiger partial charge < -0.3 is 4.98 Å². The molecule has 84 valence electrons. The van der Waals surface area contributed by atoms with E-state index in [0.29, 0.717) is 5.69 Å². The predicted molar refractivity (Wildman–Crippen MR) is 67.9 cm³/mol. The van der Waals surface area contributed by atoms with Gasteiger partial charge in [-0.3, -0.25) is 9.78 Å². The van der Waals surface area contributed by atoms with Crippen LogP contribution in [0.5, 0.6) is 0 Å². The Morgan fingerprint density at radius 1 is 1.00 bits per heavy atom. The molecule has 2 heterocycles. The number of pyridine rings is 1. The number of para-hydroxylation sites is 1. The summed E-state index contributed by atoms with van der Waals surface area (Å²) in [6.45, 7) is 0. The highest BCUT2D eigenvalue weighted by Gasteiger charge is 1.86. The van der Waals surface area contributed by atoms with Gasteiger partial charge in [0.05, 0.1) is 11.2 Å². The van der Waals surface area contributed by atoms with Crippen LogP contribution in [0, 0.1) is 0 Å². The van der Waals surface area contributed by atoms with Crippen LogP contribution in [0.3, 0.4) is 0 Å². The molecule has 0 fully saturated rings. The number of aromatic amines is 1. The molecule has 0 aliphatic heterocycles. The van der Waals surface area contributed by atoms with E-state index in [2.05, 4.69) is 22.1 Å². The maximum Gasteiger partial charge on any atom is 0.166 e. The molecule has 1 N–H and O–H groups in total. The Balaban J connectivity index is 0.000000136. The predicted octanol–water partition coefficient (Wildman–Crippen LogP) is 3.06. The van der Waals surface area contributed by atoms with Gasteiger partial charge >= 0.3 is 0 Å². The van der Waals surface area contributed by atoms with E-state index in [1.807, 2.05) is 30.5 Å². The molecule has 3 rings (SSSR count). The number of hydrogen-bond acceptors (Lipinski definition) is 2. The summed E-state index contributed by atoms with van der Waals surface area (Å²) < 4.78 is 0. The Bertz CT molecular complexity index is 522. The SMILES string of the molecule is O=Cc1ccc[nH]1.c1ccc2ncccc2c1. The molecule has 0 aliphatic rings. The van der Waals surface area contributed by atoms with Crippen LogP contribution in [-0.4, -0.2) is 16.3 Å². The molecule has 0 unspecified atom stereocenters. The number of aldehydes is 1. The highest BCUT2D eigenvalue weighted by molar-refractivity contribution is 5.77. The Hall–Kier alpha value is -2.42. The number of rotatable bonds is 1. The van der Waals surface area contributed by atoms with Crippen molar-refractivity contribution in [1.29, 1.82) is 0 Å². The van der Waals surface area contributed by atoms with Gasteiger partial charge in [-0.2, -0.15) is 0 Å². The molecule has 0 spiro atoms. The molecule has 17 heavy (non-hydrogen) atoms. The standard InChI is InChI=1S/C9H7N.C5H5NO/c1-2-6-9-8(4-1)5-3-7-10-9;7-4-5-2-1-3-6-5/h1-7H;1-4,6H. The van der Waals surface area contributed by atoms with Crippen molar-refractivity contribution in [3.63, 3.8) is 0 Å². The molecule has 1 aromatic carbocycles. The van der Waals surface area contributed by atoms with Crippen LogP contribution in [0.25, 0.3) is 10.9 Å². The molecular weight excluding hydrogens is 212 g/mol. The zero-order chi connectivity index (χ0) is 11.9. The number of benzene rings is 1. The van der Waals surface area contributed by atoms with Gasteiger partial charge in [0.2, 0.25) is 0 Å². The third-order valence-electron chi connectivity index (χ3n) is 2.26. The average Bonchev–Trinajstić information content (AvgIpc) is 2.93. The van der Waals surface area contributed by atoms with E-state index in [1.165, 1.54) is 5.39 Å². The molecule has 3 aromatic rings. The van der Waals surface area contributed by atoms with Crippen LogP contribution in [-0.2, 0) is 0 Å². The van der Waals surface area contributed by atoms with Gasteiger partial charge in [-0.1, -0.05) is 24.3 Å². The van der Waals surface area contributed by atoms with E-state index in [1.54, 1.807) is 18.3 Å². The lowest BCUT2D eigenvalue weighted by atomic mass is 10.2. The van der Waals surface area contributed by atoms with Gasteiger partial charge in [-0.05, 0) is 24.3 Å². The van der Waals surface area contributed by atoms with Crippen molar-refractivity contribution in [2.75, 3.05) is 0 Å². The van der Waals surface area contributed by atoms with Crippen LogP contribution in [0.15, 0.2) is 60.9 Å². The number of aromatic nitrogens is 2. The fourth-order valence-corrected chi connectivity index (χ4v) is 1.43. The maximum absolute atomic E-state index is 9.84. The number of carbonyl (C=O) groups excluding carboxylic acids is 1. The highest BCUT2D eigenvalue weighted by Crippen LogP contribution is 2.07. The Kier molecular flexibility index (Phi) is 3.65. The van der Waals surface area contributed by atoms with E-state index < -0.39 is 0 Å². The molecule has 0 saturated heterocycles. The van der Waals surface area contributed by atoms with E-state index in [0.717, 1.165) is 11.8 Å². The fraction of sp³-hybridized carbons (Fsp3) is 0. The van der Waals surface area contributed by atoms with Gasteiger partial charge in [0.25, 0.3) is 0 Å². The summed E-state index contributed by atoms with van der Waals surface area (Å²) in [6, 6.07) is 15.6. The van der Waals surface area contributed by atoms with Crippen LogP contribution >= 0.6 is 0 Å². The number of hydrogen-bond donors (Lipinski definition) is 1. The monoisotopic (exact) mass is 224 g/mol. The summed E-state index contributed by atoms with van der Waals surface area (Å²) in [5.74, 6) is 0. The first-order chi connectivity index (χ1) is 8.40. The first-order valence-corrected chi connectivity index (χ1v) is 5.28. The number of nitrogens with zero attached hydrogens (tertiary/aromatic N) is 1. The first kappa shape index (κ1) is 11.1. The zero-order valence-electron chi connectivity index (χ0n) is 9.21. The van der Waals surface area contributed by atoms with E-state index >= 15 is 0 Å². The van der Waals surface area contributed by atoms with Crippen molar-refractivity contribution >= 4 is 17.2 Å². The zero-order valence-corrected chi connectivity index (χ0v) is 9.21. The Morgan fingerprint density at radius 3 is 2.47 bits per heavy atom. The maximum atomic E-state index is 9.84. The largest absolute Gasteiger partial charge is 0.359 e. The summed E-state index contributed by atoms with van der Waals surface area (Å²) >= 11 is 0. The Morgan fingerprint density at radius 2 is 1.82 bits per heavy atom. The molecule has 0 bridgehead atoms. The second-order valence-corrected chi connectivity index (χ2v) is 3.44. The van der Waals surface area contributed by atoms with Crippen LogP contribution in [0.4, 0.5) is 0 Å². The van der Waals surface area contributed by atoms with Gasteiger partial charge in [0, 0.05) is 17.8 Å². The van der Waals surface area contributed by atoms with E-state index in [4.69, 9.17) is 0 Å². The molecular formula is C14H12N2O. The van der Waals surface area contributed by atoms with E-state index in [-0.39, 0.29) is 0 Å². The third kappa shape index (κ3) is 3.01. The van der Waals surface area contributed by atoms with Gasteiger partial charge in [-0.15, -0.1) is 0 Å². The number of fused-ring (bicyclic) bond motifs is 1. The molecule has 3 nitrogen and oxygen atoms in total. The quantitative estimate of drug-likeness (QED) is 0.646. The lowest BCUT2D eigenvalue weighted by Gasteiger charge is -1.91. The summed E-state index contributed by atoms with van der Waals surface area (Å²) in [7, 11) is 0. The van der Waals surface area contributed by atoms with Crippen LogP contribution in [0.2, 0.25) is 0 Å². The molecule has 0 aliphatic carbocycles. The summed E-state index contributed by atoms with van der Waals surface area (Å²) in [5, 5.41) is 1.20. The van der Waals surface area contributed by atoms with Crippen LogP contribution in [0.1, 0.15) is 10.5 Å². The second-order valence-electron chi connectivity index (χ2n) is 3.44. The topological polar surface area (TPSA) is 45.8 Å². The molecule has 0 radical (unpaired) electrons. The highest BCUT2D eigenvalue weighted by atomic mass is 16.1. The molecule has 0 saturated carbocycles. The van der Waals surface area contributed by atoms with Crippen molar-refractivity contribution in [3.8, 4) is 0 Å². The fourth-order valence-electron chi connectivity index (χ4n) is 1.43. The second kappa shape index (κ2) is 5.61. The van der Waals surface area contributed by atoms with Crippen molar-refractivity contribution in [1.82, 2.24) is 9.97 Å². The average molecular weight is 224 g/mol. The number of H-pyrrole nitrogens is 1. The van der Waals surface area contributed by atoms with Gasteiger partial charge in [0.15, 0.2) is 6.29 Å². The van der Waals surface area contributed by atoms with Crippen molar-refractivity contribution < 1.29 is 4.79 Å². The normalized spacial score (nSPS) is 9.41. The first-order valence-electron chi connectivity index (χ1n) is 5.28. The Labute approximate surface area is 99.1 Å². The van der Waals surface area contributed by atoms with Gasteiger partial charge in [0.1, 0.15) is 0 Å². The molecule has 3 heteroatoms. The van der Waals surface area contributed by atoms with Crippen LogP contribution < -0.4 is 0 Å². The molecule has 2 aromatic heterocycles. The lowest BCUT2D eigenvalue weighted by molar-refractivity contribution is 0.111. The minimum Gasteiger partial charge on any atom is -0.359 e. The van der Waals surface area contributed by atoms with Crippen molar-refractivity contribution in [2.45, 2.75) is 0 Å². The number of carbonyl (C=O) groups is 1. The summed E-state index contributed by atoms with van der Waals surface area (Å²) in [5.41, 5.74) is 1.69. The third-order valence-corrected chi connectivity index (χ3v) is 2.26. The minimum absolute atomic E-state index is 0.625.